The number of tetrazole rings is 1. The molecule has 0 aliphatic carbocycles. The molecule has 0 aliphatic heterocycles. The Labute approximate surface area is 114 Å². The molecule has 3 heterocycles. The first-order chi connectivity index (χ1) is 10.1. The molecular weight excluding hydrogens is 262 g/mol. The van der Waals surface area contributed by atoms with E-state index >= 15 is 0 Å². The molecular formula is C11H11N7O2. The summed E-state index contributed by atoms with van der Waals surface area (Å²) >= 11 is 0. The Kier molecular flexibility index (Phi) is 2.70. The van der Waals surface area contributed by atoms with Crippen LogP contribution in [0.1, 0.15) is 5.69 Å². The van der Waals surface area contributed by atoms with Gasteiger partial charge in [0.15, 0.2) is 1.41 Å². The lowest BCUT2D eigenvalue weighted by molar-refractivity contribution is 0.288. The van der Waals surface area contributed by atoms with Gasteiger partial charge in [-0.15, -0.1) is 5.10 Å². The molecule has 0 radical (unpaired) electrons. The summed E-state index contributed by atoms with van der Waals surface area (Å²) in [6, 6.07) is 4.95. The zero-order chi connectivity index (χ0) is 14.8. The van der Waals surface area contributed by atoms with Crippen LogP contribution in [0.4, 0.5) is 0 Å². The van der Waals surface area contributed by atoms with Crippen LogP contribution in [0.5, 0.6) is 5.88 Å². The Hall–Kier alpha value is -2.97. The molecule has 1 N–H and O–H groups in total. The number of ether oxygens (including phenoxy) is 1. The van der Waals surface area contributed by atoms with Crippen LogP contribution in [0, 0.1) is 0 Å². The lowest BCUT2D eigenvalue weighted by atomic mass is 10.3. The minimum absolute atomic E-state index is 0.0935. The van der Waals surface area contributed by atoms with E-state index in [-0.39, 0.29) is 12.3 Å². The molecule has 0 aliphatic rings. The molecule has 0 fully saturated rings. The second-order valence-corrected chi connectivity index (χ2v) is 3.92. The van der Waals surface area contributed by atoms with Gasteiger partial charge in [-0.05, 0) is 22.6 Å². The van der Waals surface area contributed by atoms with Crippen LogP contribution in [0.3, 0.4) is 0 Å². The molecule has 0 atom stereocenters. The molecule has 9 heteroatoms. The molecule has 102 valence electrons. The molecule has 0 saturated carbocycles. The Morgan fingerprint density at radius 1 is 1.45 bits per heavy atom. The molecule has 3 rings (SSSR count). The van der Waals surface area contributed by atoms with E-state index in [1.165, 1.54) is 13.2 Å². The molecule has 3 aromatic heterocycles. The number of H-pyrrole nitrogens is 1. The van der Waals surface area contributed by atoms with E-state index in [9.17, 15) is 4.79 Å². The predicted molar refractivity (Wildman–Crippen MR) is 67.3 cm³/mol. The van der Waals surface area contributed by atoms with Crippen molar-refractivity contribution in [2.75, 3.05) is 0 Å². The van der Waals surface area contributed by atoms with Gasteiger partial charge in [0.2, 0.25) is 5.88 Å². The summed E-state index contributed by atoms with van der Waals surface area (Å²) in [5, 5.41) is 12.1. The van der Waals surface area contributed by atoms with E-state index in [0.717, 1.165) is 14.5 Å². The zero-order valence-corrected chi connectivity index (χ0v) is 10.5. The van der Waals surface area contributed by atoms with E-state index < -0.39 is 0 Å². The Morgan fingerprint density at radius 2 is 2.35 bits per heavy atom. The first kappa shape index (κ1) is 10.9. The number of nitrogens with zero attached hydrogens (tertiary/aromatic N) is 6. The lowest BCUT2D eigenvalue weighted by Crippen LogP contribution is -2.23. The Balaban J connectivity index is 1.89. The Bertz CT molecular complexity index is 822. The lowest BCUT2D eigenvalue weighted by Gasteiger charge is -2.06. The fraction of sp³-hybridized carbons (Fsp3) is 0.182. The maximum absolute atomic E-state index is 11.9. The summed E-state index contributed by atoms with van der Waals surface area (Å²) in [6.45, 7) is 0.0935. The number of aromatic amines is 1. The van der Waals surface area contributed by atoms with Crippen molar-refractivity contribution in [3.63, 3.8) is 0 Å². The van der Waals surface area contributed by atoms with Gasteiger partial charge in [0.1, 0.15) is 12.3 Å². The third-order valence-electron chi connectivity index (χ3n) is 2.61. The predicted octanol–water partition coefficient (Wildman–Crippen LogP) is -0.337. The highest BCUT2D eigenvalue weighted by Gasteiger charge is 2.12. The monoisotopic (exact) mass is 275 g/mol. The minimum Gasteiger partial charge on any atom is -0.470 e. The van der Waals surface area contributed by atoms with Gasteiger partial charge in [-0.3, -0.25) is 10.1 Å². The summed E-state index contributed by atoms with van der Waals surface area (Å²) in [6.07, 6.45) is 3.04. The van der Waals surface area contributed by atoms with Crippen molar-refractivity contribution in [2.24, 2.45) is 7.05 Å². The third kappa shape index (κ3) is 2.16. The number of hydrogen-bond acceptors (Lipinski definition) is 6. The molecule has 20 heavy (non-hydrogen) atoms. The molecule has 0 bridgehead atoms. The zero-order valence-electron chi connectivity index (χ0n) is 11.5. The molecule has 0 spiro atoms. The van der Waals surface area contributed by atoms with Crippen LogP contribution in [-0.4, -0.2) is 35.0 Å². The first-order valence-corrected chi connectivity index (χ1v) is 5.76. The first-order valence-electron chi connectivity index (χ1n) is 6.21. The molecule has 0 aromatic carbocycles. The number of aryl methyl sites for hydroxylation is 1. The van der Waals surface area contributed by atoms with Crippen molar-refractivity contribution < 1.29 is 6.15 Å². The van der Waals surface area contributed by atoms with Gasteiger partial charge in [0.05, 0.1) is 5.69 Å². The van der Waals surface area contributed by atoms with Crippen LogP contribution >= 0.6 is 0 Å². The summed E-state index contributed by atoms with van der Waals surface area (Å²) < 4.78 is 15.0. The molecule has 0 unspecified atom stereocenters. The highest BCUT2D eigenvalue weighted by molar-refractivity contribution is 5.34. The summed E-state index contributed by atoms with van der Waals surface area (Å²) in [4.78, 5) is 16.1. The van der Waals surface area contributed by atoms with Crippen molar-refractivity contribution in [1.29, 1.82) is 0 Å². The van der Waals surface area contributed by atoms with Crippen molar-refractivity contribution in [2.45, 2.75) is 6.61 Å². The van der Waals surface area contributed by atoms with Gasteiger partial charge in [-0.25, -0.2) is 4.79 Å². The summed E-state index contributed by atoms with van der Waals surface area (Å²) in [5.41, 5.74) is 0.625. The number of hydrogen-bond donors (Lipinski definition) is 1. The highest BCUT2D eigenvalue weighted by atomic mass is 16.5. The van der Waals surface area contributed by atoms with E-state index in [4.69, 9.17) is 6.15 Å². The van der Waals surface area contributed by atoms with Crippen LogP contribution in [0.2, 0.25) is 1.41 Å². The van der Waals surface area contributed by atoms with Crippen LogP contribution in [-0.2, 0) is 13.7 Å². The van der Waals surface area contributed by atoms with Crippen molar-refractivity contribution in [1.82, 2.24) is 35.0 Å². The normalized spacial score (nSPS) is 11.3. The largest absolute Gasteiger partial charge is 0.470 e. The van der Waals surface area contributed by atoms with Gasteiger partial charge in [-0.2, -0.15) is 9.36 Å². The fourth-order valence-electron chi connectivity index (χ4n) is 1.64. The Morgan fingerprint density at radius 3 is 3.05 bits per heavy atom. The van der Waals surface area contributed by atoms with Crippen molar-refractivity contribution in [3.8, 4) is 11.6 Å². The number of aromatic nitrogens is 7. The maximum Gasteiger partial charge on any atom is 0.368 e. The quantitative estimate of drug-likeness (QED) is 0.698. The highest BCUT2D eigenvalue weighted by Crippen LogP contribution is 2.12. The van der Waals surface area contributed by atoms with E-state index in [0.29, 0.717) is 17.3 Å². The summed E-state index contributed by atoms with van der Waals surface area (Å²) in [5.74, 6) is 0.299. The molecule has 0 saturated heterocycles. The van der Waals surface area contributed by atoms with Gasteiger partial charge in [0, 0.05) is 25.5 Å². The smallest absolute Gasteiger partial charge is 0.368 e. The van der Waals surface area contributed by atoms with Crippen LogP contribution < -0.4 is 10.4 Å². The standard InChI is InChI=1S/C11H11N7O2/c1-17-11(19)18(16-15-17)9-3-2-5-12-8(9)7-20-10-4-6-13-14-10/h2-6H,7H2,1H3,(H,13,14)/i/hT. The fourth-order valence-corrected chi connectivity index (χ4v) is 1.64. The van der Waals surface area contributed by atoms with Gasteiger partial charge < -0.3 is 4.74 Å². The molecule has 0 amide bonds. The van der Waals surface area contributed by atoms with Crippen molar-refractivity contribution in [3.05, 3.63) is 46.8 Å². The van der Waals surface area contributed by atoms with Gasteiger partial charge >= 0.3 is 5.69 Å². The van der Waals surface area contributed by atoms with Crippen LogP contribution in [0.25, 0.3) is 5.69 Å². The van der Waals surface area contributed by atoms with E-state index in [2.05, 4.69) is 20.5 Å². The van der Waals surface area contributed by atoms with Gasteiger partial charge in [-0.1, -0.05) is 0 Å². The van der Waals surface area contributed by atoms with E-state index in [1.54, 1.807) is 24.4 Å². The van der Waals surface area contributed by atoms with Crippen molar-refractivity contribution >= 4 is 0 Å². The van der Waals surface area contributed by atoms with Crippen LogP contribution in [0.15, 0.2) is 35.4 Å². The SMILES string of the molecule is [3H]n1ccc(OCc2ncccc2-n2nnn(C)c2=O)n1. The topological polar surface area (TPSA) is 104 Å². The number of pyridine rings is 1. The number of nitrogens with one attached hydrogen (secondary N) is 1. The molecule has 3 aromatic rings. The van der Waals surface area contributed by atoms with E-state index in [1.807, 2.05) is 0 Å². The average molecular weight is 275 g/mol. The minimum atomic E-state index is -0.375. The third-order valence-corrected chi connectivity index (χ3v) is 2.61. The second kappa shape index (κ2) is 4.96. The second-order valence-electron chi connectivity index (χ2n) is 3.92. The van der Waals surface area contributed by atoms with Gasteiger partial charge in [0.25, 0.3) is 0 Å². The molecule has 9 nitrogen and oxygen atoms in total. The number of rotatable bonds is 4. The average Bonchev–Trinajstić information content (AvgIpc) is 3.04. The summed E-state index contributed by atoms with van der Waals surface area (Å²) in [7, 11) is 1.51. The maximum atomic E-state index is 11.9.